The molecule has 2 heterocycles. The van der Waals surface area contributed by atoms with Crippen LogP contribution in [0.2, 0.25) is 0 Å². The molecule has 0 bridgehead atoms. The number of aromatic nitrogens is 3. The summed E-state index contributed by atoms with van der Waals surface area (Å²) in [6, 6.07) is 13.7. The van der Waals surface area contributed by atoms with Crippen LogP contribution >= 0.6 is 0 Å². The number of benzene rings is 2. The number of hydrogen-bond acceptors (Lipinski definition) is 7. The lowest BCUT2D eigenvalue weighted by molar-refractivity contribution is 0.415. The van der Waals surface area contributed by atoms with E-state index in [1.807, 2.05) is 24.3 Å². The normalized spacial score (nSPS) is 13.4. The van der Waals surface area contributed by atoms with Gasteiger partial charge in [-0.1, -0.05) is 6.07 Å². The SMILES string of the molecule is COc1ccc(Nc2nc(Nc3cccc(F)c3)nc(N3CCCC3)n2)cc1. The summed E-state index contributed by atoms with van der Waals surface area (Å²) >= 11 is 0. The molecule has 0 aliphatic carbocycles. The van der Waals surface area contributed by atoms with E-state index in [0.717, 1.165) is 37.4 Å². The molecule has 144 valence electrons. The molecule has 0 unspecified atom stereocenters. The molecule has 2 N–H and O–H groups in total. The van der Waals surface area contributed by atoms with Gasteiger partial charge < -0.3 is 20.3 Å². The van der Waals surface area contributed by atoms with Gasteiger partial charge in [0.15, 0.2) is 0 Å². The Morgan fingerprint density at radius 2 is 1.57 bits per heavy atom. The minimum atomic E-state index is -0.324. The number of methoxy groups -OCH3 is 1. The van der Waals surface area contributed by atoms with Crippen LogP contribution in [0.15, 0.2) is 48.5 Å². The van der Waals surface area contributed by atoms with E-state index in [-0.39, 0.29) is 5.82 Å². The number of nitrogens with one attached hydrogen (secondary N) is 2. The summed E-state index contributed by atoms with van der Waals surface area (Å²) in [5, 5.41) is 6.26. The molecular weight excluding hydrogens is 359 g/mol. The van der Waals surface area contributed by atoms with Crippen molar-refractivity contribution in [2.45, 2.75) is 12.8 Å². The van der Waals surface area contributed by atoms with Gasteiger partial charge in [0.1, 0.15) is 11.6 Å². The summed E-state index contributed by atoms with van der Waals surface area (Å²) in [5.41, 5.74) is 1.41. The first-order valence-electron chi connectivity index (χ1n) is 9.14. The standard InChI is InChI=1S/C20H21FN6O/c1-28-17-9-7-15(8-10-17)22-18-24-19(23-16-6-4-5-14(21)13-16)26-20(25-18)27-11-2-3-12-27/h4-10,13H,2-3,11-12H2,1H3,(H2,22,23,24,25,26). The number of rotatable bonds is 6. The Morgan fingerprint density at radius 1 is 0.893 bits per heavy atom. The van der Waals surface area contributed by atoms with Crippen molar-refractivity contribution in [1.29, 1.82) is 0 Å². The van der Waals surface area contributed by atoms with Gasteiger partial charge in [-0.2, -0.15) is 15.0 Å². The van der Waals surface area contributed by atoms with E-state index in [9.17, 15) is 4.39 Å². The van der Waals surface area contributed by atoms with Gasteiger partial charge in [-0.25, -0.2) is 4.39 Å². The summed E-state index contributed by atoms with van der Waals surface area (Å²) in [6.45, 7) is 1.82. The predicted molar refractivity (Wildman–Crippen MR) is 107 cm³/mol. The fourth-order valence-electron chi connectivity index (χ4n) is 3.03. The molecule has 8 heteroatoms. The van der Waals surface area contributed by atoms with Gasteiger partial charge in [0.25, 0.3) is 0 Å². The Morgan fingerprint density at radius 3 is 2.21 bits per heavy atom. The van der Waals surface area contributed by atoms with Crippen molar-refractivity contribution >= 4 is 29.2 Å². The van der Waals surface area contributed by atoms with Crippen molar-refractivity contribution in [3.63, 3.8) is 0 Å². The highest BCUT2D eigenvalue weighted by Crippen LogP contribution is 2.23. The van der Waals surface area contributed by atoms with Gasteiger partial charge in [0, 0.05) is 24.5 Å². The molecule has 1 fully saturated rings. The van der Waals surface area contributed by atoms with Gasteiger partial charge in [0.2, 0.25) is 17.8 Å². The zero-order chi connectivity index (χ0) is 19.3. The Kier molecular flexibility index (Phi) is 5.18. The van der Waals surface area contributed by atoms with Crippen LogP contribution in [-0.2, 0) is 0 Å². The van der Waals surface area contributed by atoms with Gasteiger partial charge >= 0.3 is 0 Å². The molecule has 1 aliphatic heterocycles. The summed E-state index contributed by atoms with van der Waals surface area (Å²) in [7, 11) is 1.63. The smallest absolute Gasteiger partial charge is 0.233 e. The minimum absolute atomic E-state index is 0.324. The molecule has 0 atom stereocenters. The van der Waals surface area contributed by atoms with Crippen LogP contribution in [0.25, 0.3) is 0 Å². The third-order valence-electron chi connectivity index (χ3n) is 4.44. The van der Waals surface area contributed by atoms with Crippen LogP contribution in [0.1, 0.15) is 12.8 Å². The van der Waals surface area contributed by atoms with Gasteiger partial charge in [-0.15, -0.1) is 0 Å². The second-order valence-corrected chi connectivity index (χ2v) is 6.47. The second-order valence-electron chi connectivity index (χ2n) is 6.47. The minimum Gasteiger partial charge on any atom is -0.497 e. The Balaban J connectivity index is 1.62. The van der Waals surface area contributed by atoms with Crippen molar-refractivity contribution in [2.24, 2.45) is 0 Å². The van der Waals surface area contributed by atoms with Crippen molar-refractivity contribution in [3.8, 4) is 5.75 Å². The van der Waals surface area contributed by atoms with Gasteiger partial charge in [-0.05, 0) is 55.3 Å². The van der Waals surface area contributed by atoms with Gasteiger partial charge in [-0.3, -0.25) is 0 Å². The molecule has 4 rings (SSSR count). The molecule has 0 spiro atoms. The Labute approximate surface area is 162 Å². The van der Waals surface area contributed by atoms with E-state index in [0.29, 0.717) is 23.5 Å². The molecule has 7 nitrogen and oxygen atoms in total. The lowest BCUT2D eigenvalue weighted by Crippen LogP contribution is -2.21. The second kappa shape index (κ2) is 8.08. The van der Waals surface area contributed by atoms with Crippen molar-refractivity contribution in [2.75, 3.05) is 35.7 Å². The number of ether oxygens (including phenoxy) is 1. The number of anilines is 5. The highest BCUT2D eigenvalue weighted by molar-refractivity contribution is 5.60. The third-order valence-corrected chi connectivity index (χ3v) is 4.44. The first kappa shape index (κ1) is 18.0. The summed E-state index contributed by atoms with van der Waals surface area (Å²) in [4.78, 5) is 15.6. The summed E-state index contributed by atoms with van der Waals surface area (Å²) in [6.07, 6.45) is 2.22. The predicted octanol–water partition coefficient (Wildman–Crippen LogP) is 4.11. The molecule has 1 saturated heterocycles. The maximum atomic E-state index is 13.5. The topological polar surface area (TPSA) is 75.2 Å². The Hall–Kier alpha value is -3.42. The summed E-state index contributed by atoms with van der Waals surface area (Å²) < 4.78 is 18.7. The van der Waals surface area contributed by atoms with Crippen molar-refractivity contribution in [3.05, 3.63) is 54.3 Å². The molecule has 1 aliphatic rings. The van der Waals surface area contributed by atoms with Crippen LogP contribution in [0, 0.1) is 5.82 Å². The van der Waals surface area contributed by atoms with Gasteiger partial charge in [0.05, 0.1) is 7.11 Å². The first-order valence-corrected chi connectivity index (χ1v) is 9.14. The van der Waals surface area contributed by atoms with E-state index in [4.69, 9.17) is 4.74 Å². The van der Waals surface area contributed by atoms with Crippen molar-refractivity contribution in [1.82, 2.24) is 15.0 Å². The summed E-state index contributed by atoms with van der Waals surface area (Å²) in [5.74, 6) is 1.82. The fraction of sp³-hybridized carbons (Fsp3) is 0.250. The quantitative estimate of drug-likeness (QED) is 0.667. The largest absolute Gasteiger partial charge is 0.497 e. The zero-order valence-corrected chi connectivity index (χ0v) is 15.5. The zero-order valence-electron chi connectivity index (χ0n) is 15.5. The molecule has 1 aromatic heterocycles. The average molecular weight is 380 g/mol. The van der Waals surface area contributed by atoms with E-state index in [1.165, 1.54) is 12.1 Å². The van der Waals surface area contributed by atoms with Crippen LogP contribution < -0.4 is 20.3 Å². The lowest BCUT2D eigenvalue weighted by Gasteiger charge is -2.17. The molecule has 0 amide bonds. The highest BCUT2D eigenvalue weighted by atomic mass is 19.1. The van der Waals surface area contributed by atoms with Crippen LogP contribution in [-0.4, -0.2) is 35.2 Å². The van der Waals surface area contributed by atoms with Crippen LogP contribution in [0.4, 0.5) is 33.6 Å². The maximum Gasteiger partial charge on any atom is 0.233 e. The van der Waals surface area contributed by atoms with E-state index < -0.39 is 0 Å². The van der Waals surface area contributed by atoms with E-state index in [2.05, 4.69) is 30.5 Å². The lowest BCUT2D eigenvalue weighted by atomic mass is 10.3. The molecule has 3 aromatic rings. The highest BCUT2D eigenvalue weighted by Gasteiger charge is 2.17. The average Bonchev–Trinajstić information content (AvgIpc) is 3.23. The number of nitrogens with zero attached hydrogens (tertiary/aromatic N) is 4. The van der Waals surface area contributed by atoms with E-state index >= 15 is 0 Å². The van der Waals surface area contributed by atoms with E-state index in [1.54, 1.807) is 19.2 Å². The molecule has 0 radical (unpaired) electrons. The third kappa shape index (κ3) is 4.28. The Bertz CT molecular complexity index is 944. The number of halogens is 1. The molecule has 0 saturated carbocycles. The van der Waals surface area contributed by atoms with Crippen molar-refractivity contribution < 1.29 is 9.13 Å². The monoisotopic (exact) mass is 380 g/mol. The molecule has 2 aromatic carbocycles. The maximum absolute atomic E-state index is 13.5. The fourth-order valence-corrected chi connectivity index (χ4v) is 3.03. The van der Waals surface area contributed by atoms with Crippen LogP contribution in [0.5, 0.6) is 5.75 Å². The number of hydrogen-bond donors (Lipinski definition) is 2. The van der Waals surface area contributed by atoms with Crippen LogP contribution in [0.3, 0.4) is 0 Å². The molecule has 28 heavy (non-hydrogen) atoms. The molecular formula is C20H21FN6O. The first-order chi connectivity index (χ1) is 13.7.